The van der Waals surface area contributed by atoms with Gasteiger partial charge in [0, 0.05) is 5.56 Å². The van der Waals surface area contributed by atoms with Gasteiger partial charge in [-0.3, -0.25) is 4.79 Å². The van der Waals surface area contributed by atoms with Crippen LogP contribution in [0.1, 0.15) is 10.4 Å². The number of nitrogens with zero attached hydrogens (tertiary/aromatic N) is 2. The molecule has 0 saturated heterocycles. The molecule has 0 aliphatic rings. The first-order valence-electron chi connectivity index (χ1n) is 6.49. The van der Waals surface area contributed by atoms with Crippen molar-refractivity contribution in [3.8, 4) is 22.6 Å². The maximum absolute atomic E-state index is 12.3. The lowest BCUT2D eigenvalue weighted by Crippen LogP contribution is -2.24. The Labute approximate surface area is 132 Å². The molecule has 0 heterocycles. The minimum Gasteiger partial charge on any atom is -0.507 e. The van der Waals surface area contributed by atoms with Gasteiger partial charge in [-0.15, -0.1) is 0 Å². The van der Waals surface area contributed by atoms with E-state index in [1.54, 1.807) is 24.3 Å². The van der Waals surface area contributed by atoms with Crippen LogP contribution in [0.5, 0.6) is 11.5 Å². The van der Waals surface area contributed by atoms with E-state index in [2.05, 4.69) is 9.84 Å². The van der Waals surface area contributed by atoms with Crippen molar-refractivity contribution in [1.29, 1.82) is 0 Å². The van der Waals surface area contributed by atoms with E-state index in [9.17, 15) is 9.90 Å². The number of aromatic hydroxyl groups is 1. The van der Waals surface area contributed by atoms with Crippen LogP contribution < -0.4 is 16.2 Å². The number of amides is 1. The van der Waals surface area contributed by atoms with Gasteiger partial charge in [-0.2, -0.15) is 4.99 Å². The molecule has 7 heteroatoms. The number of aliphatic imine (C=N–C) groups is 1. The van der Waals surface area contributed by atoms with Crippen molar-refractivity contribution in [3.05, 3.63) is 53.4 Å². The lowest BCUT2D eigenvalue weighted by Gasteiger charge is -2.12. The topological polar surface area (TPSA) is 115 Å². The minimum atomic E-state index is -0.828. The number of phenolic OH excluding ortho intramolecular Hbond substituents is 1. The van der Waals surface area contributed by atoms with Crippen LogP contribution in [0.25, 0.3) is 16.0 Å². The van der Waals surface area contributed by atoms with Crippen LogP contribution in [-0.4, -0.2) is 24.1 Å². The second-order valence-corrected chi connectivity index (χ2v) is 4.54. The van der Waals surface area contributed by atoms with Crippen molar-refractivity contribution in [2.75, 3.05) is 7.11 Å². The summed E-state index contributed by atoms with van der Waals surface area (Å²) in [6, 6.07) is 9.45. The van der Waals surface area contributed by atoms with E-state index in [-0.39, 0.29) is 22.6 Å². The average Bonchev–Trinajstić information content (AvgIpc) is 2.53. The lowest BCUT2D eigenvalue weighted by atomic mass is 9.96. The van der Waals surface area contributed by atoms with Gasteiger partial charge < -0.3 is 21.3 Å². The molecule has 2 rings (SSSR count). The first-order valence-corrected chi connectivity index (χ1v) is 6.49. The molecule has 2 aromatic rings. The predicted molar refractivity (Wildman–Crippen MR) is 86.5 cm³/mol. The number of methoxy groups -OCH3 is 1. The van der Waals surface area contributed by atoms with E-state index >= 15 is 0 Å². The molecule has 0 aliphatic heterocycles. The number of guanidine groups is 1. The van der Waals surface area contributed by atoms with Crippen LogP contribution >= 0.6 is 0 Å². The quantitative estimate of drug-likeness (QED) is 0.456. The summed E-state index contributed by atoms with van der Waals surface area (Å²) >= 11 is 0. The smallest absolute Gasteiger partial charge is 0.283 e. The first kappa shape index (κ1) is 15.9. The van der Waals surface area contributed by atoms with Crippen LogP contribution in [0.15, 0.2) is 41.4 Å². The minimum absolute atomic E-state index is 0.139. The fraction of sp³-hybridized carbons (Fsp3) is 0.0625. The molecular weight excluding hydrogens is 296 g/mol. The second-order valence-electron chi connectivity index (χ2n) is 4.54. The molecule has 0 atom stereocenters. The van der Waals surface area contributed by atoms with E-state index in [1.165, 1.54) is 19.2 Å². The molecule has 0 unspecified atom stereocenters. The highest BCUT2D eigenvalue weighted by Gasteiger charge is 2.21. The second kappa shape index (κ2) is 6.49. The van der Waals surface area contributed by atoms with Crippen LogP contribution in [0.3, 0.4) is 0 Å². The number of benzene rings is 2. The van der Waals surface area contributed by atoms with Crippen LogP contribution in [0.2, 0.25) is 0 Å². The summed E-state index contributed by atoms with van der Waals surface area (Å²) in [5.41, 5.74) is 11.3. The van der Waals surface area contributed by atoms with Crippen LogP contribution in [0.4, 0.5) is 5.69 Å². The number of carbonyl (C=O) groups is 1. The van der Waals surface area contributed by atoms with Gasteiger partial charge in [0.15, 0.2) is 11.6 Å². The Bertz CT molecular complexity index is 834. The van der Waals surface area contributed by atoms with Gasteiger partial charge in [-0.05, 0) is 23.8 Å². The highest BCUT2D eigenvalue weighted by molar-refractivity contribution is 6.10. The highest BCUT2D eigenvalue weighted by Crippen LogP contribution is 2.39. The first-order chi connectivity index (χ1) is 11.0. The Morgan fingerprint density at radius 1 is 1.30 bits per heavy atom. The van der Waals surface area contributed by atoms with Gasteiger partial charge in [-0.1, -0.05) is 18.2 Å². The number of nitrogens with two attached hydrogens (primary N) is 2. The number of hydrogen-bond donors (Lipinski definition) is 3. The summed E-state index contributed by atoms with van der Waals surface area (Å²) in [4.78, 5) is 19.1. The molecule has 0 fully saturated rings. The SMILES string of the molecule is [C-]#[N+]c1ccc(O)c(C(=O)N=C(N)N)c1-c1cccc(OC)c1. The largest absolute Gasteiger partial charge is 0.507 e. The van der Waals surface area contributed by atoms with Crippen molar-refractivity contribution < 1.29 is 14.6 Å². The van der Waals surface area contributed by atoms with Gasteiger partial charge >= 0.3 is 0 Å². The third kappa shape index (κ3) is 3.22. The zero-order chi connectivity index (χ0) is 17.0. The fourth-order valence-corrected chi connectivity index (χ4v) is 2.13. The number of ether oxygens (including phenoxy) is 1. The van der Waals surface area contributed by atoms with Crippen molar-refractivity contribution in [2.45, 2.75) is 0 Å². The highest BCUT2D eigenvalue weighted by atomic mass is 16.5. The number of rotatable bonds is 3. The number of carbonyl (C=O) groups excluding carboxylic acids is 1. The molecule has 0 bridgehead atoms. The Morgan fingerprint density at radius 2 is 2.04 bits per heavy atom. The van der Waals surface area contributed by atoms with Crippen LogP contribution in [-0.2, 0) is 0 Å². The summed E-state index contributed by atoms with van der Waals surface area (Å²) in [6.45, 7) is 7.30. The van der Waals surface area contributed by atoms with Crippen molar-refractivity contribution >= 4 is 17.6 Å². The third-order valence-electron chi connectivity index (χ3n) is 3.08. The van der Waals surface area contributed by atoms with Gasteiger partial charge in [0.25, 0.3) is 5.91 Å². The van der Waals surface area contributed by atoms with Gasteiger partial charge in [-0.25, -0.2) is 4.85 Å². The summed E-state index contributed by atoms with van der Waals surface area (Å²) < 4.78 is 5.15. The Kier molecular flexibility index (Phi) is 4.47. The molecule has 0 saturated carbocycles. The van der Waals surface area contributed by atoms with Crippen molar-refractivity contribution in [2.24, 2.45) is 16.5 Å². The molecule has 0 aliphatic carbocycles. The Balaban J connectivity index is 2.79. The molecule has 5 N–H and O–H groups in total. The molecular formula is C16H14N4O3. The molecule has 0 spiro atoms. The Morgan fingerprint density at radius 3 is 2.65 bits per heavy atom. The fourth-order valence-electron chi connectivity index (χ4n) is 2.13. The van der Waals surface area contributed by atoms with Gasteiger partial charge in [0.05, 0.1) is 19.2 Å². The third-order valence-corrected chi connectivity index (χ3v) is 3.08. The molecule has 2 aromatic carbocycles. The Hall–Kier alpha value is -3.53. The number of hydrogen-bond acceptors (Lipinski definition) is 3. The maximum atomic E-state index is 12.3. The zero-order valence-corrected chi connectivity index (χ0v) is 12.3. The van der Waals surface area contributed by atoms with E-state index in [1.807, 2.05) is 0 Å². The predicted octanol–water partition coefficient (Wildman–Crippen LogP) is 2.03. The monoisotopic (exact) mass is 310 g/mol. The summed E-state index contributed by atoms with van der Waals surface area (Å²) in [5, 5.41) is 10.1. The molecule has 0 radical (unpaired) electrons. The van der Waals surface area contributed by atoms with Gasteiger partial charge in [0.2, 0.25) is 0 Å². The standard InChI is InChI=1S/C16H14N4O3/c1-19-11-6-7-12(21)14(15(22)20-16(17)18)13(11)9-4-3-5-10(8-9)23-2/h3-8,21H,2H3,(H4,17,18,20,22). The normalized spacial score (nSPS) is 9.74. The molecule has 23 heavy (non-hydrogen) atoms. The van der Waals surface area contributed by atoms with E-state index in [4.69, 9.17) is 22.8 Å². The summed E-state index contributed by atoms with van der Waals surface area (Å²) in [7, 11) is 1.50. The van der Waals surface area contributed by atoms with Crippen LogP contribution in [0, 0.1) is 6.57 Å². The van der Waals surface area contributed by atoms with E-state index in [0.717, 1.165) is 0 Å². The maximum Gasteiger partial charge on any atom is 0.283 e. The molecule has 0 aromatic heterocycles. The zero-order valence-electron chi connectivity index (χ0n) is 12.3. The van der Waals surface area contributed by atoms with E-state index in [0.29, 0.717) is 11.3 Å². The lowest BCUT2D eigenvalue weighted by molar-refractivity contribution is 0.100. The molecule has 116 valence electrons. The van der Waals surface area contributed by atoms with Gasteiger partial charge in [0.1, 0.15) is 11.5 Å². The van der Waals surface area contributed by atoms with E-state index < -0.39 is 11.9 Å². The molecule has 7 nitrogen and oxygen atoms in total. The number of phenols is 1. The molecule has 1 amide bonds. The van der Waals surface area contributed by atoms with Crippen molar-refractivity contribution in [3.63, 3.8) is 0 Å². The summed E-state index contributed by atoms with van der Waals surface area (Å²) in [6.07, 6.45) is 0. The summed E-state index contributed by atoms with van der Waals surface area (Å²) in [5.74, 6) is -1.03. The van der Waals surface area contributed by atoms with Crippen molar-refractivity contribution in [1.82, 2.24) is 0 Å². The average molecular weight is 310 g/mol.